The van der Waals surface area contributed by atoms with Crippen molar-refractivity contribution in [3.63, 3.8) is 0 Å². The lowest BCUT2D eigenvalue weighted by Gasteiger charge is -2.15. The largest absolute Gasteiger partial charge is 0.461 e. The summed E-state index contributed by atoms with van der Waals surface area (Å²) < 4.78 is 10.6. The number of rotatable bonds is 5. The van der Waals surface area contributed by atoms with Crippen LogP contribution in [0.5, 0.6) is 0 Å². The van der Waals surface area contributed by atoms with E-state index in [0.29, 0.717) is 18.3 Å². The van der Waals surface area contributed by atoms with E-state index in [1.54, 1.807) is 19.2 Å². The van der Waals surface area contributed by atoms with Crippen molar-refractivity contribution in [2.75, 3.05) is 33.4 Å². The van der Waals surface area contributed by atoms with Gasteiger partial charge < -0.3 is 9.47 Å². The van der Waals surface area contributed by atoms with Gasteiger partial charge in [-0.25, -0.2) is 4.79 Å². The number of esters is 1. The number of hydrogen-bond acceptors (Lipinski definition) is 4. The zero-order valence-corrected chi connectivity index (χ0v) is 11.6. The van der Waals surface area contributed by atoms with Gasteiger partial charge in [0, 0.05) is 26.7 Å². The van der Waals surface area contributed by atoms with Crippen LogP contribution in [-0.2, 0) is 9.47 Å². The fraction of sp³-hybridized carbons (Fsp3) is 0.533. The lowest BCUT2D eigenvalue weighted by atomic mass is 10.1. The maximum atomic E-state index is 11.8. The highest BCUT2D eigenvalue weighted by Crippen LogP contribution is 2.11. The third kappa shape index (κ3) is 4.04. The molecular formula is C15H21NO3. The van der Waals surface area contributed by atoms with Crippen LogP contribution in [0.1, 0.15) is 22.3 Å². The molecule has 1 aliphatic rings. The summed E-state index contributed by atoms with van der Waals surface area (Å²) in [7, 11) is 1.74. The molecule has 0 spiro atoms. The first-order valence-corrected chi connectivity index (χ1v) is 6.68. The topological polar surface area (TPSA) is 38.8 Å². The van der Waals surface area contributed by atoms with Crippen LogP contribution in [0.2, 0.25) is 0 Å². The molecule has 0 unspecified atom stereocenters. The maximum Gasteiger partial charge on any atom is 0.338 e. The molecule has 1 saturated heterocycles. The molecule has 0 bridgehead atoms. The van der Waals surface area contributed by atoms with Gasteiger partial charge in [0.25, 0.3) is 0 Å². The van der Waals surface area contributed by atoms with Crippen LogP contribution >= 0.6 is 0 Å². The summed E-state index contributed by atoms with van der Waals surface area (Å²) in [4.78, 5) is 14.0. The Morgan fingerprint density at radius 1 is 1.37 bits per heavy atom. The van der Waals surface area contributed by atoms with Crippen LogP contribution in [0, 0.1) is 6.92 Å². The first-order chi connectivity index (χ1) is 9.19. The number of nitrogens with zero attached hydrogens (tertiary/aromatic N) is 1. The van der Waals surface area contributed by atoms with Gasteiger partial charge in [-0.3, -0.25) is 4.90 Å². The van der Waals surface area contributed by atoms with Crippen LogP contribution in [0.25, 0.3) is 0 Å². The first kappa shape index (κ1) is 14.0. The average Bonchev–Trinajstić information content (AvgIpc) is 2.87. The van der Waals surface area contributed by atoms with Crippen molar-refractivity contribution < 1.29 is 14.3 Å². The number of ether oxygens (including phenoxy) is 2. The predicted octanol–water partition coefficient (Wildman–Crippen LogP) is 1.87. The Labute approximate surface area is 114 Å². The molecule has 1 aromatic rings. The fourth-order valence-electron chi connectivity index (χ4n) is 2.23. The highest BCUT2D eigenvalue weighted by Gasteiger charge is 2.21. The minimum atomic E-state index is -0.248. The summed E-state index contributed by atoms with van der Waals surface area (Å²) in [6, 6.07) is 7.43. The third-order valence-corrected chi connectivity index (χ3v) is 3.49. The summed E-state index contributed by atoms with van der Waals surface area (Å²) in [6.45, 7) is 5.15. The maximum absolute atomic E-state index is 11.8. The molecular weight excluding hydrogens is 242 g/mol. The molecule has 104 valence electrons. The van der Waals surface area contributed by atoms with E-state index in [4.69, 9.17) is 9.47 Å². The van der Waals surface area contributed by atoms with E-state index in [-0.39, 0.29) is 5.97 Å². The third-order valence-electron chi connectivity index (χ3n) is 3.49. The Morgan fingerprint density at radius 3 is 2.74 bits per heavy atom. The van der Waals surface area contributed by atoms with Gasteiger partial charge in [0.2, 0.25) is 0 Å². The molecule has 1 fully saturated rings. The zero-order valence-electron chi connectivity index (χ0n) is 11.6. The van der Waals surface area contributed by atoms with Crippen molar-refractivity contribution in [1.82, 2.24) is 4.90 Å². The molecule has 1 heterocycles. The van der Waals surface area contributed by atoms with Gasteiger partial charge in [0.05, 0.1) is 11.7 Å². The fourth-order valence-corrected chi connectivity index (χ4v) is 2.23. The Kier molecular flexibility index (Phi) is 4.93. The van der Waals surface area contributed by atoms with E-state index < -0.39 is 0 Å². The van der Waals surface area contributed by atoms with E-state index in [1.165, 1.54) is 0 Å². The van der Waals surface area contributed by atoms with Crippen LogP contribution in [0.15, 0.2) is 24.3 Å². The number of methoxy groups -OCH3 is 1. The quantitative estimate of drug-likeness (QED) is 0.760. The molecule has 0 saturated carbocycles. The number of aryl methyl sites for hydroxylation is 1. The van der Waals surface area contributed by atoms with E-state index in [2.05, 4.69) is 4.90 Å². The Balaban J connectivity index is 1.71. The second kappa shape index (κ2) is 6.68. The van der Waals surface area contributed by atoms with E-state index in [9.17, 15) is 4.79 Å². The monoisotopic (exact) mass is 263 g/mol. The van der Waals surface area contributed by atoms with Crippen molar-refractivity contribution in [2.24, 2.45) is 0 Å². The Hall–Kier alpha value is -1.39. The molecule has 0 aliphatic carbocycles. The van der Waals surface area contributed by atoms with Crippen LogP contribution in [-0.4, -0.2) is 50.3 Å². The van der Waals surface area contributed by atoms with Gasteiger partial charge in [0.1, 0.15) is 6.61 Å². The minimum Gasteiger partial charge on any atom is -0.461 e. The van der Waals surface area contributed by atoms with Gasteiger partial charge in [-0.1, -0.05) is 17.7 Å². The van der Waals surface area contributed by atoms with Gasteiger partial charge in [-0.2, -0.15) is 0 Å². The number of likely N-dealkylation sites (tertiary alicyclic amines) is 1. The SMILES string of the molecule is CO[C@@H]1CCN(CCOC(=O)c2ccc(C)cc2)C1. The van der Waals surface area contributed by atoms with E-state index in [1.807, 2.05) is 19.1 Å². The van der Waals surface area contributed by atoms with Gasteiger partial charge in [-0.05, 0) is 25.5 Å². The Morgan fingerprint density at radius 2 is 2.11 bits per heavy atom. The number of hydrogen-bond donors (Lipinski definition) is 0. The molecule has 1 atom stereocenters. The van der Waals surface area contributed by atoms with Gasteiger partial charge in [0.15, 0.2) is 0 Å². The van der Waals surface area contributed by atoms with E-state index >= 15 is 0 Å². The molecule has 1 aliphatic heterocycles. The standard InChI is InChI=1S/C15H21NO3/c1-12-3-5-13(6-4-12)15(17)19-10-9-16-8-7-14(11-16)18-2/h3-6,14H,7-11H2,1-2H3/t14-/m1/s1. The van der Waals surface area contributed by atoms with Crippen molar-refractivity contribution in [3.05, 3.63) is 35.4 Å². The smallest absolute Gasteiger partial charge is 0.338 e. The normalized spacial score (nSPS) is 19.6. The molecule has 2 rings (SSSR count). The second-order valence-corrected chi connectivity index (χ2v) is 4.95. The number of carbonyl (C=O) groups is 1. The highest BCUT2D eigenvalue weighted by atomic mass is 16.5. The summed E-state index contributed by atoms with van der Waals surface area (Å²) in [6.07, 6.45) is 1.38. The second-order valence-electron chi connectivity index (χ2n) is 4.95. The lowest BCUT2D eigenvalue weighted by Crippen LogP contribution is -2.27. The lowest BCUT2D eigenvalue weighted by molar-refractivity contribution is 0.0461. The van der Waals surface area contributed by atoms with Crippen molar-refractivity contribution >= 4 is 5.97 Å². The number of benzene rings is 1. The first-order valence-electron chi connectivity index (χ1n) is 6.68. The van der Waals surface area contributed by atoms with Gasteiger partial charge in [-0.15, -0.1) is 0 Å². The molecule has 19 heavy (non-hydrogen) atoms. The molecule has 4 heteroatoms. The molecule has 0 aromatic heterocycles. The zero-order chi connectivity index (χ0) is 13.7. The molecule has 1 aromatic carbocycles. The van der Waals surface area contributed by atoms with Crippen molar-refractivity contribution in [2.45, 2.75) is 19.4 Å². The molecule has 0 amide bonds. The van der Waals surface area contributed by atoms with Crippen LogP contribution < -0.4 is 0 Å². The summed E-state index contributed by atoms with van der Waals surface area (Å²) >= 11 is 0. The average molecular weight is 263 g/mol. The van der Waals surface area contributed by atoms with Crippen LogP contribution in [0.3, 0.4) is 0 Å². The van der Waals surface area contributed by atoms with Gasteiger partial charge >= 0.3 is 5.97 Å². The summed E-state index contributed by atoms with van der Waals surface area (Å²) in [5, 5.41) is 0. The number of carbonyl (C=O) groups excluding carboxylic acids is 1. The van der Waals surface area contributed by atoms with Crippen molar-refractivity contribution in [3.8, 4) is 0 Å². The molecule has 0 radical (unpaired) electrons. The van der Waals surface area contributed by atoms with E-state index in [0.717, 1.165) is 31.6 Å². The van der Waals surface area contributed by atoms with Crippen molar-refractivity contribution in [1.29, 1.82) is 0 Å². The Bertz CT molecular complexity index is 416. The molecule has 0 N–H and O–H groups in total. The summed E-state index contributed by atoms with van der Waals surface area (Å²) in [5.41, 5.74) is 1.75. The highest BCUT2D eigenvalue weighted by molar-refractivity contribution is 5.89. The molecule has 4 nitrogen and oxygen atoms in total. The minimum absolute atomic E-state index is 0.248. The predicted molar refractivity (Wildman–Crippen MR) is 73.3 cm³/mol. The summed E-state index contributed by atoms with van der Waals surface area (Å²) in [5.74, 6) is -0.248. The van der Waals surface area contributed by atoms with Crippen LogP contribution in [0.4, 0.5) is 0 Å².